The Morgan fingerprint density at radius 2 is 2.11 bits per heavy atom. The predicted molar refractivity (Wildman–Crippen MR) is 113 cm³/mol. The van der Waals surface area contributed by atoms with Crippen LogP contribution in [0, 0.1) is 13.8 Å². The van der Waals surface area contributed by atoms with Crippen LogP contribution in [0.5, 0.6) is 0 Å². The maximum atomic E-state index is 12.6. The average molecular weight is 380 g/mol. The van der Waals surface area contributed by atoms with Crippen molar-refractivity contribution in [2.75, 3.05) is 25.0 Å². The Bertz CT molecular complexity index is 932. The van der Waals surface area contributed by atoms with Gasteiger partial charge in [-0.15, -0.1) is 11.3 Å². The van der Waals surface area contributed by atoms with Gasteiger partial charge in [0.25, 0.3) is 0 Å². The molecule has 0 saturated carbocycles. The summed E-state index contributed by atoms with van der Waals surface area (Å²) in [5.74, 6) is 0.485. The zero-order chi connectivity index (χ0) is 18.8. The van der Waals surface area contributed by atoms with Crippen LogP contribution < -0.4 is 5.32 Å². The number of thiazole rings is 1. The molecule has 1 aliphatic heterocycles. The van der Waals surface area contributed by atoms with Crippen LogP contribution in [0.3, 0.4) is 0 Å². The summed E-state index contributed by atoms with van der Waals surface area (Å²) in [6.45, 7) is 6.39. The summed E-state index contributed by atoms with van der Waals surface area (Å²) in [4.78, 5) is 19.7. The smallest absolute Gasteiger partial charge is 0.238 e. The summed E-state index contributed by atoms with van der Waals surface area (Å²) < 4.78 is 1.25. The summed E-state index contributed by atoms with van der Waals surface area (Å²) in [7, 11) is 0. The lowest BCUT2D eigenvalue weighted by Gasteiger charge is -2.31. The van der Waals surface area contributed by atoms with Gasteiger partial charge in [0.05, 0.1) is 21.8 Å². The minimum atomic E-state index is 0.0636. The van der Waals surface area contributed by atoms with E-state index in [2.05, 4.69) is 40.5 Å². The second-order valence-electron chi connectivity index (χ2n) is 7.46. The maximum Gasteiger partial charge on any atom is 0.238 e. The van der Waals surface area contributed by atoms with Crippen molar-refractivity contribution < 1.29 is 4.79 Å². The quantitative estimate of drug-likeness (QED) is 0.713. The van der Waals surface area contributed by atoms with E-state index in [0.717, 1.165) is 48.3 Å². The van der Waals surface area contributed by atoms with E-state index < -0.39 is 0 Å². The van der Waals surface area contributed by atoms with Crippen LogP contribution >= 0.6 is 11.3 Å². The minimum absolute atomic E-state index is 0.0636. The molecule has 0 radical (unpaired) electrons. The molecule has 0 bridgehead atoms. The molecule has 3 aromatic rings. The molecular formula is C22H25N3OS. The Morgan fingerprint density at radius 1 is 1.26 bits per heavy atom. The fraction of sp³-hybridized carbons (Fsp3) is 0.364. The maximum absolute atomic E-state index is 12.6. The molecule has 2 heterocycles. The number of rotatable bonds is 4. The van der Waals surface area contributed by atoms with Gasteiger partial charge in [0.2, 0.25) is 5.91 Å². The number of amides is 1. The van der Waals surface area contributed by atoms with Crippen LogP contribution in [0.15, 0.2) is 42.5 Å². The normalized spacial score (nSPS) is 17.9. The Morgan fingerprint density at radius 3 is 2.96 bits per heavy atom. The molecule has 1 aromatic heterocycles. The van der Waals surface area contributed by atoms with Gasteiger partial charge in [-0.05, 0) is 62.6 Å². The van der Waals surface area contributed by atoms with Crippen LogP contribution in [0.4, 0.5) is 5.69 Å². The number of nitrogens with one attached hydrogen (secondary N) is 1. The van der Waals surface area contributed by atoms with Gasteiger partial charge in [0, 0.05) is 18.2 Å². The Labute approximate surface area is 164 Å². The van der Waals surface area contributed by atoms with Gasteiger partial charge in [0.15, 0.2) is 0 Å². The first-order valence-electron chi connectivity index (χ1n) is 9.53. The van der Waals surface area contributed by atoms with Crippen LogP contribution in [0.1, 0.15) is 34.9 Å². The lowest BCUT2D eigenvalue weighted by molar-refractivity contribution is -0.117. The standard InChI is InChI=1S/C22H25N3OS/c1-15-9-10-16(2)19(12-15)23-21(26)14-25-11-5-6-17(13-25)22-24-18-7-3-4-8-20(18)27-22/h3-4,7-10,12,17H,5-6,11,13-14H2,1-2H3,(H,23,26)/t17-/m1/s1. The fourth-order valence-corrected chi connectivity index (χ4v) is 4.82. The van der Waals surface area contributed by atoms with Crippen molar-refractivity contribution in [1.29, 1.82) is 0 Å². The third-order valence-electron chi connectivity index (χ3n) is 5.20. The first kappa shape index (κ1) is 18.1. The highest BCUT2D eigenvalue weighted by Gasteiger charge is 2.25. The van der Waals surface area contributed by atoms with Crippen LogP contribution in [0.2, 0.25) is 0 Å². The minimum Gasteiger partial charge on any atom is -0.325 e. The third-order valence-corrected chi connectivity index (χ3v) is 6.40. The zero-order valence-corrected chi connectivity index (χ0v) is 16.7. The number of hydrogen-bond acceptors (Lipinski definition) is 4. The molecule has 140 valence electrons. The van der Waals surface area contributed by atoms with Gasteiger partial charge in [-0.2, -0.15) is 0 Å². The molecule has 0 spiro atoms. The number of carbonyl (C=O) groups excluding carboxylic acids is 1. The molecule has 4 nitrogen and oxygen atoms in total. The van der Waals surface area contributed by atoms with Gasteiger partial charge < -0.3 is 5.32 Å². The number of benzene rings is 2. The van der Waals surface area contributed by atoms with Crippen molar-refractivity contribution in [1.82, 2.24) is 9.88 Å². The van der Waals surface area contributed by atoms with Crippen molar-refractivity contribution in [3.8, 4) is 0 Å². The number of anilines is 1. The number of hydrogen-bond donors (Lipinski definition) is 1. The van der Waals surface area contributed by atoms with Gasteiger partial charge in [-0.25, -0.2) is 4.98 Å². The van der Waals surface area contributed by atoms with Crippen molar-refractivity contribution in [3.05, 3.63) is 58.6 Å². The van der Waals surface area contributed by atoms with E-state index in [1.807, 2.05) is 26.0 Å². The monoisotopic (exact) mass is 379 g/mol. The number of carbonyl (C=O) groups is 1. The van der Waals surface area contributed by atoms with Gasteiger partial charge in [0.1, 0.15) is 0 Å². The molecule has 1 amide bonds. The molecule has 2 aromatic carbocycles. The highest BCUT2D eigenvalue weighted by molar-refractivity contribution is 7.18. The molecule has 0 unspecified atom stereocenters. The third kappa shape index (κ3) is 4.20. The van der Waals surface area contributed by atoms with E-state index in [0.29, 0.717) is 12.5 Å². The Hall–Kier alpha value is -2.24. The van der Waals surface area contributed by atoms with E-state index >= 15 is 0 Å². The SMILES string of the molecule is Cc1ccc(C)c(NC(=O)CN2CCC[C@@H](c3nc4ccccc4s3)C2)c1. The number of nitrogens with zero attached hydrogens (tertiary/aromatic N) is 2. The second-order valence-corrected chi connectivity index (χ2v) is 8.52. The molecule has 27 heavy (non-hydrogen) atoms. The highest BCUT2D eigenvalue weighted by atomic mass is 32.1. The molecule has 1 aliphatic rings. The number of piperidine rings is 1. The molecule has 4 rings (SSSR count). The average Bonchev–Trinajstić information content (AvgIpc) is 3.09. The number of aryl methyl sites for hydroxylation is 2. The van der Waals surface area contributed by atoms with E-state index in [4.69, 9.17) is 4.98 Å². The molecular weight excluding hydrogens is 354 g/mol. The summed E-state index contributed by atoms with van der Waals surface area (Å²) in [5.41, 5.74) is 4.26. The first-order valence-corrected chi connectivity index (χ1v) is 10.3. The van der Waals surface area contributed by atoms with Crippen molar-refractivity contribution in [2.45, 2.75) is 32.6 Å². The largest absolute Gasteiger partial charge is 0.325 e. The van der Waals surface area contributed by atoms with E-state index in [-0.39, 0.29) is 5.91 Å². The summed E-state index contributed by atoms with van der Waals surface area (Å²) in [6, 6.07) is 14.5. The molecule has 1 atom stereocenters. The second kappa shape index (κ2) is 7.79. The molecule has 1 N–H and O–H groups in total. The van der Waals surface area contributed by atoms with Crippen molar-refractivity contribution >= 4 is 33.1 Å². The van der Waals surface area contributed by atoms with Crippen molar-refractivity contribution in [3.63, 3.8) is 0 Å². The fourth-order valence-electron chi connectivity index (χ4n) is 3.73. The zero-order valence-electron chi connectivity index (χ0n) is 15.9. The highest BCUT2D eigenvalue weighted by Crippen LogP contribution is 2.32. The molecule has 1 fully saturated rings. The van der Waals surface area contributed by atoms with Crippen LogP contribution in [-0.2, 0) is 4.79 Å². The lowest BCUT2D eigenvalue weighted by Crippen LogP contribution is -2.39. The van der Waals surface area contributed by atoms with Gasteiger partial charge >= 0.3 is 0 Å². The summed E-state index contributed by atoms with van der Waals surface area (Å²) in [6.07, 6.45) is 2.26. The van der Waals surface area contributed by atoms with Gasteiger partial charge in [-0.1, -0.05) is 24.3 Å². The van der Waals surface area contributed by atoms with Crippen LogP contribution in [0.25, 0.3) is 10.2 Å². The number of likely N-dealkylation sites (tertiary alicyclic amines) is 1. The predicted octanol–water partition coefficient (Wildman–Crippen LogP) is 4.73. The lowest BCUT2D eigenvalue weighted by atomic mass is 9.99. The molecule has 1 saturated heterocycles. The number of para-hydroxylation sites is 1. The van der Waals surface area contributed by atoms with Crippen molar-refractivity contribution in [2.24, 2.45) is 0 Å². The number of aromatic nitrogens is 1. The van der Waals surface area contributed by atoms with E-state index in [1.54, 1.807) is 11.3 Å². The molecule has 5 heteroatoms. The summed E-state index contributed by atoms with van der Waals surface area (Å²) in [5, 5.41) is 4.29. The topological polar surface area (TPSA) is 45.2 Å². The van der Waals surface area contributed by atoms with E-state index in [1.165, 1.54) is 9.71 Å². The van der Waals surface area contributed by atoms with Crippen LogP contribution in [-0.4, -0.2) is 35.4 Å². The number of fused-ring (bicyclic) bond motifs is 1. The Balaban J connectivity index is 1.40. The van der Waals surface area contributed by atoms with E-state index in [9.17, 15) is 4.79 Å². The van der Waals surface area contributed by atoms with Gasteiger partial charge in [-0.3, -0.25) is 9.69 Å². The first-order chi connectivity index (χ1) is 13.1. The summed E-state index contributed by atoms with van der Waals surface area (Å²) >= 11 is 1.79. The molecule has 0 aliphatic carbocycles. The Kier molecular flexibility index (Phi) is 5.23.